The molecule has 0 aromatic heterocycles. The Morgan fingerprint density at radius 3 is 1.43 bits per heavy atom. The maximum atomic E-state index is 12.7. The summed E-state index contributed by atoms with van der Waals surface area (Å²) in [7, 11) is 5.38. The van der Waals surface area contributed by atoms with Crippen molar-refractivity contribution in [3.63, 3.8) is 0 Å². The summed E-state index contributed by atoms with van der Waals surface area (Å²) in [4.78, 5) is 36.9. The number of aliphatic carboxylic acids is 1. The molecule has 0 rings (SSSR count). The number of rotatable bonds is 41. The number of nitrogens with zero attached hydrogens (tertiary/aromatic N) is 1. The molecule has 61 heavy (non-hydrogen) atoms. The standard InChI is InChI=1S/C53H87NO7/c1-6-8-10-12-14-16-18-20-22-24-26-28-30-32-34-36-38-40-42-44-52(56)61-49(47-59-46-45-50(53(57)58)54(3,4)5)48-60-51(55)43-41-39-37-35-33-31-29-27-25-23-21-19-17-15-13-11-9-7-2/h8,10,12,14,16,18,20,22,24,26-30,32,34,49-50H,6-7,9,11,13,15,17,19,21,23,25,31,33,35-48H2,1-5H3/b10-8+,14-12+,18-16+,22-20+,26-24+,29-27+,30-28+,34-32+. The second-order valence-electron chi connectivity index (χ2n) is 16.8. The summed E-state index contributed by atoms with van der Waals surface area (Å²) in [5.41, 5.74) is 0. The zero-order valence-electron chi connectivity index (χ0n) is 39.3. The highest BCUT2D eigenvalue weighted by atomic mass is 16.6. The number of allylic oxidation sites excluding steroid dienone is 16. The first kappa shape index (κ1) is 57.2. The second kappa shape index (κ2) is 42.9. The predicted octanol–water partition coefficient (Wildman–Crippen LogP) is 12.1. The molecule has 0 heterocycles. The van der Waals surface area contributed by atoms with Gasteiger partial charge < -0.3 is 28.6 Å². The van der Waals surface area contributed by atoms with Gasteiger partial charge in [0.15, 0.2) is 6.10 Å². The summed E-state index contributed by atoms with van der Waals surface area (Å²) in [5.74, 6) is -1.82. The number of carboxylic acids is 1. The van der Waals surface area contributed by atoms with Crippen LogP contribution in [0.3, 0.4) is 0 Å². The molecule has 8 nitrogen and oxygen atoms in total. The van der Waals surface area contributed by atoms with Crippen molar-refractivity contribution >= 4 is 17.9 Å². The summed E-state index contributed by atoms with van der Waals surface area (Å²) in [6.45, 7) is 4.45. The number of esters is 2. The van der Waals surface area contributed by atoms with Crippen molar-refractivity contribution in [1.82, 2.24) is 0 Å². The van der Waals surface area contributed by atoms with Gasteiger partial charge in [-0.15, -0.1) is 0 Å². The lowest BCUT2D eigenvalue weighted by Crippen LogP contribution is -2.55. The fourth-order valence-electron chi connectivity index (χ4n) is 6.46. The smallest absolute Gasteiger partial charge is 0.306 e. The van der Waals surface area contributed by atoms with Gasteiger partial charge in [-0.25, -0.2) is 0 Å². The molecule has 0 spiro atoms. The molecule has 0 N–H and O–H groups in total. The minimum atomic E-state index is -1.14. The van der Waals surface area contributed by atoms with E-state index in [1.165, 1.54) is 70.6 Å². The van der Waals surface area contributed by atoms with Gasteiger partial charge in [-0.05, 0) is 57.8 Å². The Morgan fingerprint density at radius 2 is 0.934 bits per heavy atom. The lowest BCUT2D eigenvalue weighted by atomic mass is 10.1. The van der Waals surface area contributed by atoms with E-state index in [9.17, 15) is 19.5 Å². The van der Waals surface area contributed by atoms with E-state index in [1.807, 2.05) is 72.9 Å². The van der Waals surface area contributed by atoms with Crippen molar-refractivity contribution in [3.8, 4) is 0 Å². The van der Waals surface area contributed by atoms with Crippen LogP contribution in [0.4, 0.5) is 0 Å². The van der Waals surface area contributed by atoms with Crippen LogP contribution in [0.25, 0.3) is 0 Å². The Balaban J connectivity index is 4.44. The molecular formula is C53H87NO7. The zero-order chi connectivity index (χ0) is 44.9. The fraction of sp³-hybridized carbons (Fsp3) is 0.642. The maximum Gasteiger partial charge on any atom is 0.306 e. The molecule has 2 unspecified atom stereocenters. The van der Waals surface area contributed by atoms with Crippen molar-refractivity contribution in [2.75, 3.05) is 41.0 Å². The Bertz CT molecular complexity index is 1310. The molecule has 0 aliphatic rings. The van der Waals surface area contributed by atoms with Crippen LogP contribution in [-0.4, -0.2) is 75.5 Å². The molecular weight excluding hydrogens is 763 g/mol. The van der Waals surface area contributed by atoms with Gasteiger partial charge in [-0.3, -0.25) is 9.59 Å². The van der Waals surface area contributed by atoms with E-state index in [2.05, 4.69) is 38.2 Å². The molecule has 0 aromatic rings. The topological polar surface area (TPSA) is 102 Å². The number of hydrogen-bond donors (Lipinski definition) is 0. The lowest BCUT2D eigenvalue weighted by molar-refractivity contribution is -0.889. The summed E-state index contributed by atoms with van der Waals surface area (Å²) in [6, 6.07) is -0.742. The number of carboxylic acid groups (broad SMARTS) is 1. The summed E-state index contributed by atoms with van der Waals surface area (Å²) < 4.78 is 17.1. The van der Waals surface area contributed by atoms with Crippen LogP contribution in [0.1, 0.15) is 168 Å². The van der Waals surface area contributed by atoms with Crippen LogP contribution in [0.2, 0.25) is 0 Å². The van der Waals surface area contributed by atoms with Crippen LogP contribution < -0.4 is 5.11 Å². The Morgan fingerprint density at radius 1 is 0.508 bits per heavy atom. The second-order valence-corrected chi connectivity index (χ2v) is 16.8. The third kappa shape index (κ3) is 41.4. The van der Waals surface area contributed by atoms with E-state index >= 15 is 0 Å². The van der Waals surface area contributed by atoms with E-state index in [0.29, 0.717) is 12.8 Å². The fourth-order valence-corrected chi connectivity index (χ4v) is 6.46. The van der Waals surface area contributed by atoms with Gasteiger partial charge in [-0.2, -0.15) is 0 Å². The summed E-state index contributed by atoms with van der Waals surface area (Å²) >= 11 is 0. The van der Waals surface area contributed by atoms with Crippen LogP contribution in [0.5, 0.6) is 0 Å². The first-order chi connectivity index (χ1) is 29.6. The number of hydrogen-bond acceptors (Lipinski definition) is 7. The number of quaternary nitrogens is 1. The van der Waals surface area contributed by atoms with Gasteiger partial charge in [0.25, 0.3) is 0 Å². The minimum Gasteiger partial charge on any atom is -0.544 e. The maximum absolute atomic E-state index is 12.7. The number of carbonyl (C=O) groups is 3. The van der Waals surface area contributed by atoms with Gasteiger partial charge in [0, 0.05) is 19.3 Å². The third-order valence-corrected chi connectivity index (χ3v) is 10.1. The SMILES string of the molecule is CC/C=C/C=C/C=C/C=C/C=C/C=C/C=C/CCCCCC(=O)OC(COCCC(C(=O)[O-])[N+](C)(C)C)COC(=O)CCCCCCC/C=C/CCCCCCCCCCC. The van der Waals surface area contributed by atoms with Crippen molar-refractivity contribution in [2.45, 2.75) is 180 Å². The molecule has 346 valence electrons. The zero-order valence-corrected chi connectivity index (χ0v) is 39.3. The monoisotopic (exact) mass is 850 g/mol. The Kier molecular flexibility index (Phi) is 40.3. The van der Waals surface area contributed by atoms with E-state index in [0.717, 1.165) is 57.8 Å². The number of carbonyl (C=O) groups excluding carboxylic acids is 3. The third-order valence-electron chi connectivity index (χ3n) is 10.1. The molecule has 0 fully saturated rings. The average Bonchev–Trinajstić information content (AvgIpc) is 3.22. The molecule has 0 saturated carbocycles. The summed E-state index contributed by atoms with van der Waals surface area (Å²) in [5, 5.41) is 11.6. The van der Waals surface area contributed by atoms with E-state index in [-0.39, 0.29) is 49.1 Å². The number of likely N-dealkylation sites (N-methyl/N-ethyl adjacent to an activating group) is 1. The van der Waals surface area contributed by atoms with Gasteiger partial charge in [0.05, 0.1) is 40.3 Å². The van der Waals surface area contributed by atoms with Crippen molar-refractivity contribution in [2.24, 2.45) is 0 Å². The summed E-state index contributed by atoms with van der Waals surface area (Å²) in [6.07, 6.45) is 57.2. The molecule has 0 aromatic carbocycles. The van der Waals surface area contributed by atoms with Crippen LogP contribution in [-0.2, 0) is 28.6 Å². The van der Waals surface area contributed by atoms with E-state index in [4.69, 9.17) is 14.2 Å². The van der Waals surface area contributed by atoms with E-state index in [1.54, 1.807) is 21.1 Å². The molecule has 0 aliphatic heterocycles. The van der Waals surface area contributed by atoms with Gasteiger partial charge in [0.2, 0.25) is 0 Å². The first-order valence-corrected chi connectivity index (χ1v) is 23.9. The van der Waals surface area contributed by atoms with Gasteiger partial charge in [0.1, 0.15) is 12.6 Å². The molecule has 0 amide bonds. The Hall–Kier alpha value is -3.75. The van der Waals surface area contributed by atoms with Crippen LogP contribution >= 0.6 is 0 Å². The highest BCUT2D eigenvalue weighted by Gasteiger charge is 2.25. The first-order valence-electron chi connectivity index (χ1n) is 23.9. The average molecular weight is 850 g/mol. The van der Waals surface area contributed by atoms with Gasteiger partial charge in [-0.1, -0.05) is 188 Å². The lowest BCUT2D eigenvalue weighted by Gasteiger charge is -2.34. The Labute approximate surface area is 373 Å². The molecule has 8 heteroatoms. The highest BCUT2D eigenvalue weighted by Crippen LogP contribution is 2.13. The highest BCUT2D eigenvalue weighted by molar-refractivity contribution is 5.70. The normalized spacial score (nSPS) is 13.8. The molecule has 0 radical (unpaired) electrons. The quantitative estimate of drug-likeness (QED) is 0.0198. The molecule has 0 aliphatic carbocycles. The van der Waals surface area contributed by atoms with Crippen LogP contribution in [0.15, 0.2) is 97.2 Å². The molecule has 2 atom stereocenters. The molecule has 0 saturated heterocycles. The molecule has 0 bridgehead atoms. The number of ether oxygens (including phenoxy) is 3. The van der Waals surface area contributed by atoms with Crippen LogP contribution in [0, 0.1) is 0 Å². The minimum absolute atomic E-state index is 0.0131. The predicted molar refractivity (Wildman–Crippen MR) is 254 cm³/mol. The number of unbranched alkanes of at least 4 members (excludes halogenated alkanes) is 17. The van der Waals surface area contributed by atoms with Crippen molar-refractivity contribution in [1.29, 1.82) is 0 Å². The van der Waals surface area contributed by atoms with E-state index < -0.39 is 18.1 Å². The largest absolute Gasteiger partial charge is 0.544 e. The van der Waals surface area contributed by atoms with Crippen molar-refractivity contribution in [3.05, 3.63) is 97.2 Å². The van der Waals surface area contributed by atoms with Crippen molar-refractivity contribution < 1.29 is 38.2 Å². The van der Waals surface area contributed by atoms with Gasteiger partial charge >= 0.3 is 11.9 Å².